The van der Waals surface area contributed by atoms with E-state index in [1.54, 1.807) is 27.7 Å². The molecule has 2 aliphatic rings. The standard InChI is InChI=1S/C27H39F2N9O/c1-6-37-21(9-12-30-37)24(39)32-22(19-7-10-27(28,29)11-8-19)20-17-38-25(31-20)33-23(18(2)34-38)35-13-15-36(16-14-35)26(3,4)5/h9,12,17,19,22H,6-8,10-11,13-16H2,1-5H3,(H,32,39). The maximum absolute atomic E-state index is 14.0. The van der Waals surface area contributed by atoms with Crippen molar-refractivity contribution in [1.82, 2.24) is 39.6 Å². The predicted molar refractivity (Wildman–Crippen MR) is 144 cm³/mol. The number of imidazole rings is 1. The number of amides is 1. The van der Waals surface area contributed by atoms with E-state index in [-0.39, 0.29) is 30.2 Å². The van der Waals surface area contributed by atoms with Crippen molar-refractivity contribution in [3.63, 3.8) is 0 Å². The van der Waals surface area contributed by atoms with Crippen LogP contribution in [0.5, 0.6) is 0 Å². The molecule has 3 aromatic heterocycles. The van der Waals surface area contributed by atoms with Gasteiger partial charge in [-0.05, 0) is 59.4 Å². The normalized spacial score (nSPS) is 19.9. The highest BCUT2D eigenvalue weighted by atomic mass is 19.3. The number of rotatable bonds is 6. The zero-order valence-electron chi connectivity index (χ0n) is 23.5. The molecule has 39 heavy (non-hydrogen) atoms. The number of nitrogens with one attached hydrogen (secondary N) is 1. The summed E-state index contributed by atoms with van der Waals surface area (Å²) < 4.78 is 31.3. The molecule has 1 saturated carbocycles. The molecule has 1 aliphatic heterocycles. The Hall–Kier alpha value is -3.15. The van der Waals surface area contributed by atoms with Crippen molar-refractivity contribution < 1.29 is 13.6 Å². The van der Waals surface area contributed by atoms with E-state index >= 15 is 0 Å². The number of hydrogen-bond donors (Lipinski definition) is 1. The van der Waals surface area contributed by atoms with Crippen LogP contribution >= 0.6 is 0 Å². The predicted octanol–water partition coefficient (Wildman–Crippen LogP) is 3.87. The summed E-state index contributed by atoms with van der Waals surface area (Å²) in [6.07, 6.45) is 3.53. The minimum absolute atomic E-state index is 0.117. The van der Waals surface area contributed by atoms with E-state index < -0.39 is 12.0 Å². The topological polar surface area (TPSA) is 96.5 Å². The number of aryl methyl sites for hydroxylation is 2. The summed E-state index contributed by atoms with van der Waals surface area (Å²) in [5, 5.41) is 12.0. The molecule has 1 saturated heterocycles. The number of anilines is 1. The second kappa shape index (κ2) is 10.4. The molecule has 0 radical (unpaired) electrons. The molecular formula is C27H39F2N9O. The lowest BCUT2D eigenvalue weighted by molar-refractivity contribution is -0.0495. The first kappa shape index (κ1) is 27.4. The summed E-state index contributed by atoms with van der Waals surface area (Å²) in [4.78, 5) is 27.6. The van der Waals surface area contributed by atoms with Crippen LogP contribution in [-0.4, -0.2) is 77.8 Å². The molecule has 1 unspecified atom stereocenters. The van der Waals surface area contributed by atoms with E-state index in [9.17, 15) is 13.6 Å². The van der Waals surface area contributed by atoms with Crippen molar-refractivity contribution in [3.8, 4) is 0 Å². The fraction of sp³-hybridized carbons (Fsp3) is 0.667. The van der Waals surface area contributed by atoms with Crippen molar-refractivity contribution in [2.75, 3.05) is 31.1 Å². The van der Waals surface area contributed by atoms with E-state index in [0.29, 0.717) is 36.6 Å². The highest BCUT2D eigenvalue weighted by Gasteiger charge is 2.39. The number of fused-ring (bicyclic) bond motifs is 1. The van der Waals surface area contributed by atoms with Gasteiger partial charge in [-0.3, -0.25) is 14.4 Å². The Kier molecular flexibility index (Phi) is 7.34. The summed E-state index contributed by atoms with van der Waals surface area (Å²) >= 11 is 0. The van der Waals surface area contributed by atoms with Crippen molar-refractivity contribution >= 4 is 17.5 Å². The third-order valence-electron chi connectivity index (χ3n) is 8.09. The van der Waals surface area contributed by atoms with Gasteiger partial charge in [0.2, 0.25) is 5.92 Å². The van der Waals surface area contributed by atoms with Gasteiger partial charge in [0.1, 0.15) is 11.4 Å². The molecule has 2 fully saturated rings. The minimum atomic E-state index is -2.67. The molecule has 4 heterocycles. The summed E-state index contributed by atoms with van der Waals surface area (Å²) in [6, 6.07) is 1.11. The molecule has 10 nitrogen and oxygen atoms in total. The average molecular weight is 544 g/mol. The smallest absolute Gasteiger partial charge is 0.270 e. The Morgan fingerprint density at radius 3 is 2.49 bits per heavy atom. The number of piperazine rings is 1. The first-order valence-corrected chi connectivity index (χ1v) is 13.9. The molecule has 12 heteroatoms. The summed E-state index contributed by atoms with van der Waals surface area (Å²) in [5.41, 5.74) is 1.92. The van der Waals surface area contributed by atoms with Crippen LogP contribution in [0, 0.1) is 12.8 Å². The summed E-state index contributed by atoms with van der Waals surface area (Å²) in [6.45, 7) is 14.6. The average Bonchev–Trinajstić information content (AvgIpc) is 3.53. The molecule has 0 aromatic carbocycles. The maximum Gasteiger partial charge on any atom is 0.270 e. The second-order valence-corrected chi connectivity index (χ2v) is 11.8. The lowest BCUT2D eigenvalue weighted by Crippen LogP contribution is -2.53. The first-order valence-electron chi connectivity index (χ1n) is 13.9. The fourth-order valence-electron chi connectivity index (χ4n) is 5.77. The zero-order valence-corrected chi connectivity index (χ0v) is 23.5. The van der Waals surface area contributed by atoms with Gasteiger partial charge in [0.05, 0.1) is 17.9 Å². The fourth-order valence-corrected chi connectivity index (χ4v) is 5.77. The monoisotopic (exact) mass is 543 g/mol. The summed E-state index contributed by atoms with van der Waals surface area (Å²) in [7, 11) is 0. The number of nitrogens with zero attached hydrogens (tertiary/aromatic N) is 8. The molecule has 1 amide bonds. The van der Waals surface area contributed by atoms with Crippen LogP contribution in [0.15, 0.2) is 18.5 Å². The highest BCUT2D eigenvalue weighted by molar-refractivity contribution is 5.92. The third kappa shape index (κ3) is 5.75. The Bertz CT molecular complexity index is 1310. The van der Waals surface area contributed by atoms with Gasteiger partial charge >= 0.3 is 0 Å². The quantitative estimate of drug-likeness (QED) is 0.504. The summed E-state index contributed by atoms with van der Waals surface area (Å²) in [5.74, 6) is -1.91. The van der Waals surface area contributed by atoms with Gasteiger partial charge in [0.15, 0.2) is 5.82 Å². The SMILES string of the molecule is CCn1nccc1C(=O)NC(c1cn2nc(C)c(N3CCN(C(C)(C)C)CC3)nc2n1)C1CCC(F)(F)CC1. The number of hydrogen-bond acceptors (Lipinski definition) is 7. The van der Waals surface area contributed by atoms with E-state index in [1.807, 2.05) is 13.8 Å². The Morgan fingerprint density at radius 1 is 1.15 bits per heavy atom. The molecule has 1 aliphatic carbocycles. The Labute approximate surface area is 227 Å². The Balaban J connectivity index is 1.43. The number of carbonyl (C=O) groups is 1. The number of halogens is 2. The minimum Gasteiger partial charge on any atom is -0.352 e. The molecule has 1 atom stereocenters. The first-order chi connectivity index (χ1) is 18.4. The molecule has 0 spiro atoms. The van der Waals surface area contributed by atoms with E-state index in [2.05, 4.69) is 41.0 Å². The van der Waals surface area contributed by atoms with Crippen molar-refractivity contribution in [2.24, 2.45) is 5.92 Å². The molecule has 212 valence electrons. The van der Waals surface area contributed by atoms with E-state index in [4.69, 9.17) is 15.1 Å². The molecule has 1 N–H and O–H groups in total. The van der Waals surface area contributed by atoms with Crippen LogP contribution in [0.25, 0.3) is 5.78 Å². The number of carbonyl (C=O) groups excluding carboxylic acids is 1. The van der Waals surface area contributed by atoms with Crippen molar-refractivity contribution in [1.29, 1.82) is 0 Å². The zero-order chi connectivity index (χ0) is 27.9. The maximum atomic E-state index is 14.0. The van der Waals surface area contributed by atoms with Crippen molar-refractivity contribution in [2.45, 2.75) is 84.4 Å². The molecular weight excluding hydrogens is 504 g/mol. The lowest BCUT2D eigenvalue weighted by atomic mass is 9.81. The van der Waals surface area contributed by atoms with Gasteiger partial charge in [0, 0.05) is 57.3 Å². The van der Waals surface area contributed by atoms with Crippen LogP contribution in [0.2, 0.25) is 0 Å². The van der Waals surface area contributed by atoms with Crippen LogP contribution in [0.4, 0.5) is 14.6 Å². The highest BCUT2D eigenvalue weighted by Crippen LogP contribution is 2.41. The van der Waals surface area contributed by atoms with Crippen LogP contribution < -0.4 is 10.2 Å². The number of alkyl halides is 2. The second-order valence-electron chi connectivity index (χ2n) is 11.8. The van der Waals surface area contributed by atoms with Crippen molar-refractivity contribution in [3.05, 3.63) is 35.5 Å². The van der Waals surface area contributed by atoms with Crippen LogP contribution in [0.3, 0.4) is 0 Å². The van der Waals surface area contributed by atoms with Gasteiger partial charge in [-0.2, -0.15) is 15.2 Å². The van der Waals surface area contributed by atoms with Gasteiger partial charge in [-0.15, -0.1) is 0 Å². The lowest BCUT2D eigenvalue weighted by Gasteiger charge is -2.42. The van der Waals surface area contributed by atoms with Crippen LogP contribution in [-0.2, 0) is 6.54 Å². The van der Waals surface area contributed by atoms with E-state index in [1.165, 1.54) is 0 Å². The Morgan fingerprint density at radius 2 is 1.85 bits per heavy atom. The largest absolute Gasteiger partial charge is 0.352 e. The number of aromatic nitrogens is 6. The van der Waals surface area contributed by atoms with Gasteiger partial charge in [-0.1, -0.05) is 0 Å². The molecule has 0 bridgehead atoms. The van der Waals surface area contributed by atoms with Gasteiger partial charge in [-0.25, -0.2) is 18.3 Å². The van der Waals surface area contributed by atoms with E-state index in [0.717, 1.165) is 37.7 Å². The van der Waals surface area contributed by atoms with Gasteiger partial charge < -0.3 is 10.2 Å². The molecule has 5 rings (SSSR count). The molecule has 3 aromatic rings. The van der Waals surface area contributed by atoms with Gasteiger partial charge in [0.25, 0.3) is 11.7 Å². The van der Waals surface area contributed by atoms with Crippen LogP contribution in [0.1, 0.15) is 81.3 Å². The third-order valence-corrected chi connectivity index (χ3v) is 8.09.